The van der Waals surface area contributed by atoms with Gasteiger partial charge >= 0.3 is 5.97 Å². The highest BCUT2D eigenvalue weighted by molar-refractivity contribution is 5.74. The molecule has 1 N–H and O–H groups in total. The molecule has 1 heterocycles. The number of aromatic nitrogens is 2. The van der Waals surface area contributed by atoms with Gasteiger partial charge in [-0.05, 0) is 12.5 Å². The van der Waals surface area contributed by atoms with Crippen molar-refractivity contribution in [2.45, 2.75) is 38.5 Å². The number of carbonyl (C=O) groups is 1. The summed E-state index contributed by atoms with van der Waals surface area (Å²) < 4.78 is 0. The van der Waals surface area contributed by atoms with Gasteiger partial charge < -0.3 is 5.11 Å². The van der Waals surface area contributed by atoms with Gasteiger partial charge in [-0.2, -0.15) is 0 Å². The first-order valence-corrected chi connectivity index (χ1v) is 5.25. The van der Waals surface area contributed by atoms with Gasteiger partial charge in [-0.15, -0.1) is 0 Å². The minimum absolute atomic E-state index is 0.418. The van der Waals surface area contributed by atoms with E-state index in [0.29, 0.717) is 12.2 Å². The van der Waals surface area contributed by atoms with Gasteiger partial charge in [0.25, 0.3) is 0 Å². The Morgan fingerprint density at radius 3 is 2.60 bits per heavy atom. The van der Waals surface area contributed by atoms with Crippen LogP contribution < -0.4 is 0 Å². The molecule has 0 aliphatic carbocycles. The van der Waals surface area contributed by atoms with Crippen molar-refractivity contribution in [3.05, 3.63) is 24.3 Å². The van der Waals surface area contributed by atoms with E-state index in [2.05, 4.69) is 16.9 Å². The molecule has 82 valence electrons. The lowest BCUT2D eigenvalue weighted by Crippen LogP contribution is -2.14. The Kier molecular flexibility index (Phi) is 4.74. The van der Waals surface area contributed by atoms with Crippen molar-refractivity contribution in [1.29, 1.82) is 0 Å². The number of rotatable bonds is 6. The maximum atomic E-state index is 11.0. The van der Waals surface area contributed by atoms with E-state index in [1.807, 2.05) is 0 Å². The Morgan fingerprint density at radius 1 is 1.40 bits per heavy atom. The number of carboxylic acids is 1. The highest BCUT2D eigenvalue weighted by atomic mass is 16.4. The Hall–Kier alpha value is -1.45. The lowest BCUT2D eigenvalue weighted by molar-refractivity contribution is -0.139. The molecule has 0 fully saturated rings. The number of aliphatic carboxylic acids is 1. The fraction of sp³-hybridized carbons (Fsp3) is 0.545. The molecule has 0 amide bonds. The van der Waals surface area contributed by atoms with Crippen LogP contribution in [-0.4, -0.2) is 21.0 Å². The van der Waals surface area contributed by atoms with Crippen LogP contribution in [0.25, 0.3) is 0 Å². The first-order chi connectivity index (χ1) is 7.25. The maximum Gasteiger partial charge on any atom is 0.314 e. The summed E-state index contributed by atoms with van der Waals surface area (Å²) in [6.07, 6.45) is 6.83. The second-order valence-corrected chi connectivity index (χ2v) is 3.49. The Bertz CT molecular complexity index is 301. The van der Waals surface area contributed by atoms with Crippen LogP contribution >= 0.6 is 0 Å². The van der Waals surface area contributed by atoms with E-state index in [0.717, 1.165) is 19.3 Å². The standard InChI is InChI=1S/C11H16N2O2/c1-2-3-4-6-9(11(14)15)10-12-7-5-8-13-10/h5,7-9H,2-4,6H2,1H3,(H,14,15). The first kappa shape index (κ1) is 11.6. The zero-order valence-corrected chi connectivity index (χ0v) is 8.89. The van der Waals surface area contributed by atoms with E-state index in [1.165, 1.54) is 0 Å². The van der Waals surface area contributed by atoms with Crippen LogP contribution in [0.4, 0.5) is 0 Å². The van der Waals surface area contributed by atoms with Gasteiger partial charge in [0.05, 0.1) is 0 Å². The van der Waals surface area contributed by atoms with Crippen molar-refractivity contribution in [3.63, 3.8) is 0 Å². The van der Waals surface area contributed by atoms with Crippen LogP contribution in [0, 0.1) is 0 Å². The molecule has 4 nitrogen and oxygen atoms in total. The summed E-state index contributed by atoms with van der Waals surface area (Å²) in [6.45, 7) is 2.09. The second kappa shape index (κ2) is 6.11. The average Bonchev–Trinajstić information content (AvgIpc) is 2.25. The highest BCUT2D eigenvalue weighted by Crippen LogP contribution is 2.18. The fourth-order valence-electron chi connectivity index (χ4n) is 1.45. The van der Waals surface area contributed by atoms with Crippen LogP contribution in [0.3, 0.4) is 0 Å². The van der Waals surface area contributed by atoms with Gasteiger partial charge in [0.15, 0.2) is 0 Å². The molecular formula is C11H16N2O2. The van der Waals surface area contributed by atoms with E-state index < -0.39 is 11.9 Å². The molecule has 0 radical (unpaired) electrons. The van der Waals surface area contributed by atoms with Gasteiger partial charge in [-0.3, -0.25) is 4.79 Å². The van der Waals surface area contributed by atoms with Gasteiger partial charge in [0.1, 0.15) is 11.7 Å². The molecule has 15 heavy (non-hydrogen) atoms. The molecule has 0 aliphatic heterocycles. The number of unbranched alkanes of at least 4 members (excludes halogenated alkanes) is 2. The van der Waals surface area contributed by atoms with Crippen LogP contribution in [-0.2, 0) is 4.79 Å². The summed E-state index contributed by atoms with van der Waals surface area (Å²) in [4.78, 5) is 19.0. The molecule has 0 bridgehead atoms. The van der Waals surface area contributed by atoms with Crippen molar-refractivity contribution in [3.8, 4) is 0 Å². The quantitative estimate of drug-likeness (QED) is 0.728. The molecule has 1 rings (SSSR count). The number of carboxylic acid groups (broad SMARTS) is 1. The Balaban J connectivity index is 2.62. The summed E-state index contributed by atoms with van der Waals surface area (Å²) >= 11 is 0. The van der Waals surface area contributed by atoms with Gasteiger partial charge in [0, 0.05) is 12.4 Å². The Morgan fingerprint density at radius 2 is 2.07 bits per heavy atom. The summed E-state index contributed by atoms with van der Waals surface area (Å²) in [6, 6.07) is 1.69. The van der Waals surface area contributed by atoms with Crippen molar-refractivity contribution in [2.75, 3.05) is 0 Å². The molecule has 0 saturated carbocycles. The van der Waals surface area contributed by atoms with E-state index in [-0.39, 0.29) is 0 Å². The van der Waals surface area contributed by atoms with Crippen molar-refractivity contribution >= 4 is 5.97 Å². The third kappa shape index (κ3) is 3.65. The molecule has 1 aromatic heterocycles. The maximum absolute atomic E-state index is 11.0. The molecule has 1 atom stereocenters. The summed E-state index contributed by atoms with van der Waals surface area (Å²) in [5.41, 5.74) is 0. The number of nitrogens with zero attached hydrogens (tertiary/aromatic N) is 2. The zero-order chi connectivity index (χ0) is 11.1. The molecule has 4 heteroatoms. The average molecular weight is 208 g/mol. The first-order valence-electron chi connectivity index (χ1n) is 5.25. The van der Waals surface area contributed by atoms with E-state index >= 15 is 0 Å². The van der Waals surface area contributed by atoms with Crippen LogP contribution in [0.2, 0.25) is 0 Å². The highest BCUT2D eigenvalue weighted by Gasteiger charge is 2.21. The molecule has 0 aromatic carbocycles. The van der Waals surface area contributed by atoms with E-state index in [1.54, 1.807) is 18.5 Å². The molecular weight excluding hydrogens is 192 g/mol. The van der Waals surface area contributed by atoms with Crippen LogP contribution in [0.1, 0.15) is 44.3 Å². The summed E-state index contributed by atoms with van der Waals surface area (Å²) in [5.74, 6) is -0.976. The summed E-state index contributed by atoms with van der Waals surface area (Å²) in [7, 11) is 0. The Labute approximate surface area is 89.4 Å². The lowest BCUT2D eigenvalue weighted by atomic mass is 10.0. The predicted molar refractivity (Wildman–Crippen MR) is 56.6 cm³/mol. The second-order valence-electron chi connectivity index (χ2n) is 3.49. The van der Waals surface area contributed by atoms with Gasteiger partial charge in [-0.25, -0.2) is 9.97 Å². The molecule has 1 aromatic rings. The monoisotopic (exact) mass is 208 g/mol. The smallest absolute Gasteiger partial charge is 0.314 e. The lowest BCUT2D eigenvalue weighted by Gasteiger charge is -2.09. The predicted octanol–water partition coefficient (Wildman–Crippen LogP) is 2.23. The minimum Gasteiger partial charge on any atom is -0.481 e. The number of hydrogen-bond donors (Lipinski definition) is 1. The molecule has 0 saturated heterocycles. The number of hydrogen-bond acceptors (Lipinski definition) is 3. The molecule has 0 aliphatic rings. The van der Waals surface area contributed by atoms with E-state index in [4.69, 9.17) is 5.11 Å². The summed E-state index contributed by atoms with van der Waals surface area (Å²) in [5, 5.41) is 9.05. The van der Waals surface area contributed by atoms with Crippen molar-refractivity contribution in [1.82, 2.24) is 9.97 Å². The topological polar surface area (TPSA) is 63.1 Å². The van der Waals surface area contributed by atoms with Gasteiger partial charge in [-0.1, -0.05) is 26.2 Å². The van der Waals surface area contributed by atoms with E-state index in [9.17, 15) is 4.79 Å². The van der Waals surface area contributed by atoms with Gasteiger partial charge in [0.2, 0.25) is 0 Å². The fourth-order valence-corrected chi connectivity index (χ4v) is 1.45. The molecule has 1 unspecified atom stereocenters. The van der Waals surface area contributed by atoms with Crippen LogP contribution in [0.5, 0.6) is 0 Å². The molecule has 0 spiro atoms. The zero-order valence-electron chi connectivity index (χ0n) is 8.89. The third-order valence-corrected chi connectivity index (χ3v) is 2.29. The largest absolute Gasteiger partial charge is 0.481 e. The van der Waals surface area contributed by atoms with Crippen molar-refractivity contribution in [2.24, 2.45) is 0 Å². The van der Waals surface area contributed by atoms with Crippen molar-refractivity contribution < 1.29 is 9.90 Å². The third-order valence-electron chi connectivity index (χ3n) is 2.29. The van der Waals surface area contributed by atoms with Crippen LogP contribution in [0.15, 0.2) is 18.5 Å². The minimum atomic E-state index is -0.836. The SMILES string of the molecule is CCCCCC(C(=O)O)c1ncccn1. The normalized spacial score (nSPS) is 12.3.